The van der Waals surface area contributed by atoms with E-state index in [-0.39, 0.29) is 57.3 Å². The molecule has 3 N–H and O–H groups in total. The van der Waals surface area contributed by atoms with E-state index in [9.17, 15) is 24.6 Å². The third-order valence-electron chi connectivity index (χ3n) is 17.0. The number of carbonyl (C=O) groups is 3. The Morgan fingerprint density at radius 3 is 2.26 bits per heavy atom. The summed E-state index contributed by atoms with van der Waals surface area (Å²) in [5.74, 6) is -0.280. The number of hydrogen-bond acceptors (Lipinski definition) is 7. The number of esters is 1. The molecule has 294 valence electrons. The number of aliphatic hydroxyl groups excluding tert-OH is 1. The second-order valence-corrected chi connectivity index (χ2v) is 20.6. The maximum absolute atomic E-state index is 14.2. The first-order chi connectivity index (χ1) is 24.5. The van der Waals surface area contributed by atoms with Crippen molar-refractivity contribution < 1.29 is 29.3 Å². The summed E-state index contributed by atoms with van der Waals surface area (Å²) >= 11 is 0. The molecule has 5 aliphatic carbocycles. The minimum atomic E-state index is -1.17. The van der Waals surface area contributed by atoms with Gasteiger partial charge >= 0.3 is 11.9 Å². The highest BCUT2D eigenvalue weighted by Crippen LogP contribution is 2.80. The lowest BCUT2D eigenvalue weighted by Gasteiger charge is -2.75. The summed E-state index contributed by atoms with van der Waals surface area (Å²) < 4.78 is 6.18. The van der Waals surface area contributed by atoms with Crippen LogP contribution in [0, 0.1) is 55.7 Å². The number of carboxylic acid groups (broad SMARTS) is 1. The standard InChI is InChI=1S/C45H68N2O6/c1-27(2)36-30(48)24-45(33(49)26-47-28(3)29-14-12-13-23-46-29)22-21-44(11)42(9)19-15-31-40(6,7)34(53-35(50)25-39(4,5)38(51)52)17-18-41(31,8)32(42)16-20-43(44,10)37(36)45/h12-14,23,27-28,31-34,47,49H,15-22,24-26H2,1-11H3,(H,51,52)/t28-,31-,32+,33?,34-,41-,42+,43+,44-,45?/m0/s1. The Bertz CT molecular complexity index is 1650. The van der Waals surface area contributed by atoms with Crippen LogP contribution in [0.25, 0.3) is 0 Å². The molecule has 0 spiro atoms. The number of Topliss-reactive ketones (excluding diaryl/α,β-unsaturated/α-hetero) is 1. The van der Waals surface area contributed by atoms with Crippen molar-refractivity contribution in [2.45, 2.75) is 159 Å². The van der Waals surface area contributed by atoms with Crippen LogP contribution in [0.4, 0.5) is 0 Å². The highest BCUT2D eigenvalue weighted by atomic mass is 16.5. The lowest BCUT2D eigenvalue weighted by Crippen LogP contribution is -2.69. The zero-order chi connectivity index (χ0) is 39.2. The topological polar surface area (TPSA) is 126 Å². The summed E-state index contributed by atoms with van der Waals surface area (Å²) in [5.41, 5.74) is 0.929. The van der Waals surface area contributed by atoms with Crippen molar-refractivity contribution >= 4 is 17.7 Å². The molecule has 8 nitrogen and oxygen atoms in total. The molecule has 0 bridgehead atoms. The summed E-state index contributed by atoms with van der Waals surface area (Å²) in [5, 5.41) is 25.5. The number of pyridine rings is 1. The van der Waals surface area contributed by atoms with Crippen molar-refractivity contribution in [1.29, 1.82) is 0 Å². The van der Waals surface area contributed by atoms with Crippen LogP contribution in [-0.2, 0) is 19.1 Å². The van der Waals surface area contributed by atoms with Crippen LogP contribution >= 0.6 is 0 Å². The zero-order valence-corrected chi connectivity index (χ0v) is 34.5. The molecular formula is C45H68N2O6. The molecule has 1 aromatic heterocycles. The van der Waals surface area contributed by atoms with Crippen LogP contribution in [0.1, 0.15) is 152 Å². The fourth-order valence-corrected chi connectivity index (χ4v) is 13.7. The minimum Gasteiger partial charge on any atom is -0.481 e. The van der Waals surface area contributed by atoms with Gasteiger partial charge in [0.2, 0.25) is 0 Å². The second kappa shape index (κ2) is 13.3. The minimum absolute atomic E-state index is 0.0138. The maximum atomic E-state index is 14.2. The molecule has 2 unspecified atom stereocenters. The lowest BCUT2D eigenvalue weighted by molar-refractivity contribution is -0.252. The van der Waals surface area contributed by atoms with E-state index in [0.717, 1.165) is 62.6 Å². The Morgan fingerprint density at radius 1 is 0.962 bits per heavy atom. The monoisotopic (exact) mass is 733 g/mol. The third-order valence-corrected chi connectivity index (χ3v) is 17.0. The fourth-order valence-electron chi connectivity index (χ4n) is 13.7. The number of fused-ring (bicyclic) bond motifs is 7. The molecule has 1 aromatic rings. The van der Waals surface area contributed by atoms with E-state index in [1.54, 1.807) is 20.0 Å². The molecule has 0 radical (unpaired) electrons. The van der Waals surface area contributed by atoms with Crippen molar-refractivity contribution in [2.75, 3.05) is 6.54 Å². The predicted octanol–water partition coefficient (Wildman–Crippen LogP) is 8.88. The van der Waals surface area contributed by atoms with E-state index in [1.165, 1.54) is 5.57 Å². The van der Waals surface area contributed by atoms with E-state index in [0.29, 0.717) is 24.8 Å². The predicted molar refractivity (Wildman–Crippen MR) is 207 cm³/mol. The first-order valence-electron chi connectivity index (χ1n) is 20.6. The fraction of sp³-hybridized carbons (Fsp3) is 0.778. The molecule has 1 heterocycles. The molecule has 5 aliphatic rings. The van der Waals surface area contributed by atoms with Crippen LogP contribution in [-0.4, -0.2) is 51.7 Å². The van der Waals surface area contributed by atoms with Gasteiger partial charge in [-0.3, -0.25) is 19.4 Å². The number of ketones is 1. The van der Waals surface area contributed by atoms with Crippen LogP contribution in [0.5, 0.6) is 0 Å². The number of nitrogens with zero attached hydrogens (tertiary/aromatic N) is 1. The Kier molecular flexibility index (Phi) is 10.0. The Labute approximate surface area is 318 Å². The number of nitrogens with one attached hydrogen (secondary N) is 1. The van der Waals surface area contributed by atoms with Gasteiger partial charge in [-0.2, -0.15) is 0 Å². The Hall–Kier alpha value is -2.58. The molecule has 0 amide bonds. The van der Waals surface area contributed by atoms with Crippen LogP contribution < -0.4 is 5.32 Å². The second-order valence-electron chi connectivity index (χ2n) is 20.6. The van der Waals surface area contributed by atoms with E-state index >= 15 is 0 Å². The van der Waals surface area contributed by atoms with Crippen molar-refractivity contribution in [2.24, 2.45) is 55.7 Å². The summed E-state index contributed by atoms with van der Waals surface area (Å²) in [6, 6.07) is 5.89. The number of allylic oxidation sites excluding steroid dienone is 1. The van der Waals surface area contributed by atoms with Crippen LogP contribution in [0.2, 0.25) is 0 Å². The highest BCUT2D eigenvalue weighted by molar-refractivity contribution is 6.01. The molecular weight excluding hydrogens is 665 g/mol. The first-order valence-corrected chi connectivity index (χ1v) is 20.6. The summed E-state index contributed by atoms with van der Waals surface area (Å²) in [6.45, 7) is 24.6. The van der Waals surface area contributed by atoms with Gasteiger partial charge in [0.05, 0.1) is 23.6 Å². The molecule has 4 saturated carbocycles. The Morgan fingerprint density at radius 2 is 1.64 bits per heavy atom. The number of carbonyl (C=O) groups excluding carboxylic acids is 2. The van der Waals surface area contributed by atoms with E-state index in [4.69, 9.17) is 4.74 Å². The van der Waals surface area contributed by atoms with Gasteiger partial charge in [0.25, 0.3) is 0 Å². The molecule has 53 heavy (non-hydrogen) atoms. The van der Waals surface area contributed by atoms with Gasteiger partial charge < -0.3 is 20.3 Å². The summed E-state index contributed by atoms with van der Waals surface area (Å²) in [4.78, 5) is 43.6. The largest absolute Gasteiger partial charge is 0.481 e. The average molecular weight is 733 g/mol. The van der Waals surface area contributed by atoms with Crippen molar-refractivity contribution in [3.05, 3.63) is 41.2 Å². The van der Waals surface area contributed by atoms with Gasteiger partial charge in [0, 0.05) is 36.0 Å². The molecule has 0 aromatic carbocycles. The molecule has 8 heteroatoms. The van der Waals surface area contributed by atoms with Crippen molar-refractivity contribution in [3.8, 4) is 0 Å². The normalized spacial score (nSPS) is 39.0. The van der Waals surface area contributed by atoms with Gasteiger partial charge in [-0.25, -0.2) is 0 Å². The molecule has 0 saturated heterocycles. The van der Waals surface area contributed by atoms with Gasteiger partial charge in [0.1, 0.15) is 6.10 Å². The number of ether oxygens (including phenoxy) is 1. The number of aromatic nitrogens is 1. The lowest BCUT2D eigenvalue weighted by atomic mass is 9.29. The smallest absolute Gasteiger partial charge is 0.309 e. The molecule has 4 fully saturated rings. The van der Waals surface area contributed by atoms with E-state index < -0.39 is 28.9 Å². The van der Waals surface area contributed by atoms with Crippen molar-refractivity contribution in [1.82, 2.24) is 10.3 Å². The zero-order valence-electron chi connectivity index (χ0n) is 34.5. The quantitative estimate of drug-likeness (QED) is 0.204. The SMILES string of the molecule is CC(C)C1=C2C(C(O)CN[C@@H](C)c3ccccn3)(CC[C@]3(C)[C@]2(C)CC[C@@H]2[C@@]4(C)CC[C@H](OC(=O)CC(C)(C)C(=O)O)C(C)(C)[C@@H]4CC[C@]23C)CC1=O. The summed E-state index contributed by atoms with van der Waals surface area (Å²) in [7, 11) is 0. The van der Waals surface area contributed by atoms with E-state index in [2.05, 4.69) is 72.6 Å². The van der Waals surface area contributed by atoms with Crippen LogP contribution in [0.15, 0.2) is 35.5 Å². The number of aliphatic carboxylic acids is 1. The average Bonchev–Trinajstić information content (AvgIpc) is 3.40. The number of hydrogen-bond donors (Lipinski definition) is 3. The molecule has 10 atom stereocenters. The number of rotatable bonds is 10. The van der Waals surface area contributed by atoms with Crippen LogP contribution in [0.3, 0.4) is 0 Å². The maximum Gasteiger partial charge on any atom is 0.309 e. The van der Waals surface area contributed by atoms with Gasteiger partial charge in [-0.05, 0) is 135 Å². The van der Waals surface area contributed by atoms with E-state index in [1.807, 2.05) is 18.2 Å². The third kappa shape index (κ3) is 5.88. The van der Waals surface area contributed by atoms with Gasteiger partial charge in [0.15, 0.2) is 5.78 Å². The summed E-state index contributed by atoms with van der Waals surface area (Å²) in [6.07, 6.45) is 8.77. The Balaban J connectivity index is 1.30. The highest BCUT2D eigenvalue weighted by Gasteiger charge is 2.74. The number of carboxylic acids is 1. The van der Waals surface area contributed by atoms with Crippen molar-refractivity contribution in [3.63, 3.8) is 0 Å². The molecule has 6 rings (SSSR count). The number of aliphatic hydroxyl groups is 1. The first kappa shape index (κ1) is 40.1. The molecule has 0 aliphatic heterocycles. The van der Waals surface area contributed by atoms with Gasteiger partial charge in [-0.1, -0.05) is 61.5 Å². The van der Waals surface area contributed by atoms with Gasteiger partial charge in [-0.15, -0.1) is 0 Å².